The second kappa shape index (κ2) is 5.54. The minimum absolute atomic E-state index is 0.323. The molecule has 0 spiro atoms. The Labute approximate surface area is 91.3 Å². The lowest BCUT2D eigenvalue weighted by Gasteiger charge is -2.06. The summed E-state index contributed by atoms with van der Waals surface area (Å²) in [5.74, 6) is 1.23. The number of aryl methyl sites for hydroxylation is 2. The Bertz CT molecular complexity index is 342. The van der Waals surface area contributed by atoms with Gasteiger partial charge in [-0.2, -0.15) is 0 Å². The standard InChI is InChI=1S/C13H18O2/c1-4-12(14)7-5-11-6-8-13(15-3)10(2)9-11/h6,8-9H,4-5,7H2,1-3H3. The van der Waals surface area contributed by atoms with E-state index in [1.807, 2.05) is 26.0 Å². The summed E-state index contributed by atoms with van der Waals surface area (Å²) < 4.78 is 5.18. The summed E-state index contributed by atoms with van der Waals surface area (Å²) in [6.07, 6.45) is 2.11. The van der Waals surface area contributed by atoms with Gasteiger partial charge in [0.1, 0.15) is 11.5 Å². The number of benzene rings is 1. The van der Waals surface area contributed by atoms with Gasteiger partial charge in [0.05, 0.1) is 7.11 Å². The average Bonchev–Trinajstić information content (AvgIpc) is 2.26. The van der Waals surface area contributed by atoms with Crippen LogP contribution in [0.2, 0.25) is 0 Å². The van der Waals surface area contributed by atoms with Gasteiger partial charge in [-0.15, -0.1) is 0 Å². The Balaban J connectivity index is 2.63. The van der Waals surface area contributed by atoms with E-state index < -0.39 is 0 Å². The number of rotatable bonds is 5. The zero-order chi connectivity index (χ0) is 11.3. The van der Waals surface area contributed by atoms with Gasteiger partial charge in [0, 0.05) is 12.8 Å². The van der Waals surface area contributed by atoms with Crippen molar-refractivity contribution < 1.29 is 9.53 Å². The Morgan fingerprint density at radius 2 is 2.13 bits per heavy atom. The summed E-state index contributed by atoms with van der Waals surface area (Å²) in [6.45, 7) is 3.92. The zero-order valence-electron chi connectivity index (χ0n) is 9.67. The molecule has 1 aromatic rings. The molecule has 0 aliphatic rings. The molecule has 0 aromatic heterocycles. The molecular weight excluding hydrogens is 188 g/mol. The largest absolute Gasteiger partial charge is 0.496 e. The predicted octanol–water partition coefficient (Wildman–Crippen LogP) is 2.92. The smallest absolute Gasteiger partial charge is 0.132 e. The van der Waals surface area contributed by atoms with Crippen LogP contribution in [0.15, 0.2) is 18.2 Å². The summed E-state index contributed by atoms with van der Waals surface area (Å²) in [5.41, 5.74) is 2.33. The molecule has 1 aromatic carbocycles. The van der Waals surface area contributed by atoms with Gasteiger partial charge in [-0.25, -0.2) is 0 Å². The molecule has 2 nitrogen and oxygen atoms in total. The van der Waals surface area contributed by atoms with Crippen molar-refractivity contribution in [2.45, 2.75) is 33.1 Å². The number of carbonyl (C=O) groups excluding carboxylic acids is 1. The molecule has 0 amide bonds. The summed E-state index contributed by atoms with van der Waals surface area (Å²) in [7, 11) is 1.67. The van der Waals surface area contributed by atoms with E-state index in [0.29, 0.717) is 18.6 Å². The number of Topliss-reactive ketones (excluding diaryl/α,β-unsaturated/α-hetero) is 1. The Kier molecular flexibility index (Phi) is 4.35. The number of hydrogen-bond donors (Lipinski definition) is 0. The highest BCUT2D eigenvalue weighted by Crippen LogP contribution is 2.19. The molecule has 0 saturated heterocycles. The number of methoxy groups -OCH3 is 1. The van der Waals surface area contributed by atoms with Gasteiger partial charge in [-0.1, -0.05) is 19.1 Å². The molecule has 0 aliphatic carbocycles. The predicted molar refractivity (Wildman–Crippen MR) is 61.4 cm³/mol. The molecule has 0 heterocycles. The molecule has 0 bridgehead atoms. The fraction of sp³-hybridized carbons (Fsp3) is 0.462. The van der Waals surface area contributed by atoms with Crippen molar-refractivity contribution in [3.05, 3.63) is 29.3 Å². The molecule has 15 heavy (non-hydrogen) atoms. The number of carbonyl (C=O) groups is 1. The first-order valence-electron chi connectivity index (χ1n) is 5.32. The lowest BCUT2D eigenvalue weighted by molar-refractivity contribution is -0.118. The highest BCUT2D eigenvalue weighted by molar-refractivity contribution is 5.78. The quantitative estimate of drug-likeness (QED) is 0.740. The van der Waals surface area contributed by atoms with Crippen LogP contribution in [0.25, 0.3) is 0 Å². The lowest BCUT2D eigenvalue weighted by atomic mass is 10.0. The van der Waals surface area contributed by atoms with Crippen molar-refractivity contribution in [3.63, 3.8) is 0 Å². The van der Waals surface area contributed by atoms with Crippen molar-refractivity contribution in [2.24, 2.45) is 0 Å². The monoisotopic (exact) mass is 206 g/mol. The number of ketones is 1. The van der Waals surface area contributed by atoms with Gasteiger partial charge in [-0.05, 0) is 30.5 Å². The Morgan fingerprint density at radius 1 is 1.40 bits per heavy atom. The summed E-state index contributed by atoms with van der Waals surface area (Å²) >= 11 is 0. The fourth-order valence-corrected chi connectivity index (χ4v) is 1.56. The van der Waals surface area contributed by atoms with E-state index in [1.165, 1.54) is 5.56 Å². The van der Waals surface area contributed by atoms with Crippen LogP contribution >= 0.6 is 0 Å². The van der Waals surface area contributed by atoms with E-state index in [0.717, 1.165) is 17.7 Å². The molecule has 0 unspecified atom stereocenters. The van der Waals surface area contributed by atoms with Gasteiger partial charge >= 0.3 is 0 Å². The van der Waals surface area contributed by atoms with Crippen molar-refractivity contribution in [3.8, 4) is 5.75 Å². The van der Waals surface area contributed by atoms with Crippen LogP contribution in [0.1, 0.15) is 30.9 Å². The molecular formula is C13H18O2. The lowest BCUT2D eigenvalue weighted by Crippen LogP contribution is -1.98. The third-order valence-corrected chi connectivity index (χ3v) is 2.55. The molecule has 1 rings (SSSR count). The first-order chi connectivity index (χ1) is 7.17. The first-order valence-corrected chi connectivity index (χ1v) is 5.32. The topological polar surface area (TPSA) is 26.3 Å². The van der Waals surface area contributed by atoms with E-state index >= 15 is 0 Å². The third kappa shape index (κ3) is 3.39. The van der Waals surface area contributed by atoms with Crippen molar-refractivity contribution in [1.29, 1.82) is 0 Å². The second-order valence-electron chi connectivity index (χ2n) is 3.70. The fourth-order valence-electron chi connectivity index (χ4n) is 1.56. The van der Waals surface area contributed by atoms with Gasteiger partial charge in [0.2, 0.25) is 0 Å². The van der Waals surface area contributed by atoms with E-state index in [1.54, 1.807) is 7.11 Å². The van der Waals surface area contributed by atoms with Crippen LogP contribution < -0.4 is 4.74 Å². The molecule has 0 atom stereocenters. The first kappa shape index (κ1) is 11.8. The number of ether oxygens (including phenoxy) is 1. The molecule has 0 fully saturated rings. The molecule has 0 saturated carbocycles. The molecule has 0 N–H and O–H groups in total. The molecule has 0 radical (unpaired) electrons. The van der Waals surface area contributed by atoms with Gasteiger partial charge in [-0.3, -0.25) is 4.79 Å². The van der Waals surface area contributed by atoms with Crippen molar-refractivity contribution >= 4 is 5.78 Å². The van der Waals surface area contributed by atoms with E-state index in [9.17, 15) is 4.79 Å². The summed E-state index contributed by atoms with van der Waals surface area (Å²) in [4.78, 5) is 11.2. The second-order valence-corrected chi connectivity index (χ2v) is 3.70. The number of hydrogen-bond acceptors (Lipinski definition) is 2. The van der Waals surface area contributed by atoms with Crippen molar-refractivity contribution in [2.75, 3.05) is 7.11 Å². The van der Waals surface area contributed by atoms with E-state index in [4.69, 9.17) is 4.74 Å². The van der Waals surface area contributed by atoms with Crippen LogP contribution in [-0.4, -0.2) is 12.9 Å². The van der Waals surface area contributed by atoms with Crippen LogP contribution in [0, 0.1) is 6.92 Å². The summed E-state index contributed by atoms with van der Waals surface area (Å²) in [6, 6.07) is 6.07. The zero-order valence-corrected chi connectivity index (χ0v) is 9.67. The minimum Gasteiger partial charge on any atom is -0.496 e. The third-order valence-electron chi connectivity index (χ3n) is 2.55. The van der Waals surface area contributed by atoms with E-state index in [2.05, 4.69) is 6.07 Å². The normalized spacial score (nSPS) is 10.1. The minimum atomic E-state index is 0.323. The van der Waals surface area contributed by atoms with Gasteiger partial charge in [0.15, 0.2) is 0 Å². The van der Waals surface area contributed by atoms with Gasteiger partial charge in [0.25, 0.3) is 0 Å². The Morgan fingerprint density at radius 3 is 2.67 bits per heavy atom. The maximum Gasteiger partial charge on any atom is 0.132 e. The summed E-state index contributed by atoms with van der Waals surface area (Å²) in [5, 5.41) is 0. The van der Waals surface area contributed by atoms with Crippen LogP contribution in [-0.2, 0) is 11.2 Å². The van der Waals surface area contributed by atoms with Crippen LogP contribution in [0.5, 0.6) is 5.75 Å². The molecule has 2 heteroatoms. The SMILES string of the molecule is CCC(=O)CCc1ccc(OC)c(C)c1. The maximum absolute atomic E-state index is 11.2. The highest BCUT2D eigenvalue weighted by atomic mass is 16.5. The van der Waals surface area contributed by atoms with Crippen LogP contribution in [0.4, 0.5) is 0 Å². The maximum atomic E-state index is 11.2. The Hall–Kier alpha value is -1.31. The molecule has 82 valence electrons. The van der Waals surface area contributed by atoms with Crippen LogP contribution in [0.3, 0.4) is 0 Å². The average molecular weight is 206 g/mol. The molecule has 0 aliphatic heterocycles. The van der Waals surface area contributed by atoms with E-state index in [-0.39, 0.29) is 0 Å². The van der Waals surface area contributed by atoms with Gasteiger partial charge < -0.3 is 4.74 Å². The highest BCUT2D eigenvalue weighted by Gasteiger charge is 2.02. The van der Waals surface area contributed by atoms with Crippen molar-refractivity contribution in [1.82, 2.24) is 0 Å².